The minimum atomic E-state index is -3.67. The number of aromatic nitrogens is 2. The van der Waals surface area contributed by atoms with Crippen molar-refractivity contribution >= 4 is 27.4 Å². The number of hydrogen-bond donors (Lipinski definition) is 1. The summed E-state index contributed by atoms with van der Waals surface area (Å²) in [7, 11) is 0.0777. The molecule has 10 heteroatoms. The molecule has 30 heavy (non-hydrogen) atoms. The fourth-order valence-electron chi connectivity index (χ4n) is 3.20. The standard InChI is InChI=1S/C20H27N5O4S/c1-5-19(26)21-15-6-7-17(14(2)12-15)30(27,28)25-11-10-16(13-25)29-20-9-8-18(22-23-20)24(3)4/h6-9,12,16H,5,10-11,13H2,1-4H3,(H,21,26). The zero-order chi connectivity index (χ0) is 21.9. The summed E-state index contributed by atoms with van der Waals surface area (Å²) >= 11 is 0. The summed E-state index contributed by atoms with van der Waals surface area (Å²) < 4.78 is 33.5. The molecule has 1 aromatic carbocycles. The summed E-state index contributed by atoms with van der Waals surface area (Å²) in [6.07, 6.45) is 0.638. The number of benzene rings is 1. The van der Waals surface area contributed by atoms with Crippen LogP contribution < -0.4 is 15.0 Å². The van der Waals surface area contributed by atoms with E-state index in [4.69, 9.17) is 4.74 Å². The third-order valence-electron chi connectivity index (χ3n) is 4.88. The van der Waals surface area contributed by atoms with Gasteiger partial charge in [0.15, 0.2) is 5.82 Å². The van der Waals surface area contributed by atoms with Crippen LogP contribution in [-0.2, 0) is 14.8 Å². The van der Waals surface area contributed by atoms with Gasteiger partial charge in [0, 0.05) is 38.8 Å². The number of hydrogen-bond acceptors (Lipinski definition) is 7. The maximum Gasteiger partial charge on any atom is 0.243 e. The van der Waals surface area contributed by atoms with Gasteiger partial charge in [-0.2, -0.15) is 4.31 Å². The number of carbonyl (C=O) groups excluding carboxylic acids is 1. The minimum absolute atomic E-state index is 0.119. The van der Waals surface area contributed by atoms with E-state index in [0.29, 0.717) is 42.3 Å². The zero-order valence-corrected chi connectivity index (χ0v) is 18.4. The van der Waals surface area contributed by atoms with Gasteiger partial charge in [0.2, 0.25) is 21.8 Å². The number of rotatable bonds is 7. The minimum Gasteiger partial charge on any atom is -0.472 e. The van der Waals surface area contributed by atoms with E-state index >= 15 is 0 Å². The van der Waals surface area contributed by atoms with Gasteiger partial charge in [-0.15, -0.1) is 10.2 Å². The highest BCUT2D eigenvalue weighted by Gasteiger charge is 2.34. The average Bonchev–Trinajstić information content (AvgIpc) is 3.17. The van der Waals surface area contributed by atoms with E-state index in [1.165, 1.54) is 10.4 Å². The summed E-state index contributed by atoms with van der Waals surface area (Å²) in [5.74, 6) is 0.968. The molecule has 2 heterocycles. The molecule has 1 saturated heterocycles. The first-order chi connectivity index (χ1) is 14.2. The molecule has 162 valence electrons. The fraction of sp³-hybridized carbons (Fsp3) is 0.450. The van der Waals surface area contributed by atoms with Crippen LogP contribution in [0.2, 0.25) is 0 Å². The first-order valence-electron chi connectivity index (χ1n) is 9.79. The van der Waals surface area contributed by atoms with Crippen molar-refractivity contribution in [1.82, 2.24) is 14.5 Å². The first-order valence-corrected chi connectivity index (χ1v) is 11.2. The van der Waals surface area contributed by atoms with Gasteiger partial charge < -0.3 is 15.0 Å². The van der Waals surface area contributed by atoms with E-state index in [2.05, 4.69) is 15.5 Å². The van der Waals surface area contributed by atoms with Gasteiger partial charge in [0.1, 0.15) is 6.10 Å². The van der Waals surface area contributed by atoms with Crippen molar-refractivity contribution in [3.63, 3.8) is 0 Å². The van der Waals surface area contributed by atoms with E-state index in [1.54, 1.807) is 38.1 Å². The number of aryl methyl sites for hydroxylation is 1. The molecule has 0 aliphatic carbocycles. The SMILES string of the molecule is CCC(=O)Nc1ccc(S(=O)(=O)N2CCC(Oc3ccc(N(C)C)nn3)C2)c(C)c1. The number of nitrogens with zero attached hydrogens (tertiary/aromatic N) is 4. The van der Waals surface area contributed by atoms with E-state index in [9.17, 15) is 13.2 Å². The molecule has 0 bridgehead atoms. The van der Waals surface area contributed by atoms with Gasteiger partial charge >= 0.3 is 0 Å². The Bertz CT molecular complexity index is 1010. The Kier molecular flexibility index (Phi) is 6.57. The van der Waals surface area contributed by atoms with Crippen LogP contribution in [0.4, 0.5) is 11.5 Å². The lowest BCUT2D eigenvalue weighted by Crippen LogP contribution is -2.31. The third kappa shape index (κ3) is 4.88. The quantitative estimate of drug-likeness (QED) is 0.712. The molecule has 1 aliphatic heterocycles. The normalized spacial score (nSPS) is 17.0. The second kappa shape index (κ2) is 8.97. The van der Waals surface area contributed by atoms with E-state index in [0.717, 1.165) is 0 Å². The topological polar surface area (TPSA) is 105 Å². The van der Waals surface area contributed by atoms with E-state index in [-0.39, 0.29) is 23.5 Å². The van der Waals surface area contributed by atoms with Gasteiger partial charge in [0.05, 0.1) is 11.4 Å². The molecular formula is C20H27N5O4S. The van der Waals surface area contributed by atoms with Crippen LogP contribution >= 0.6 is 0 Å². The molecule has 1 fully saturated rings. The molecular weight excluding hydrogens is 406 g/mol. The molecule has 1 aliphatic rings. The fourth-order valence-corrected chi connectivity index (χ4v) is 4.89. The Labute approximate surface area is 177 Å². The molecule has 0 spiro atoms. The third-order valence-corrected chi connectivity index (χ3v) is 6.90. The second-order valence-corrected chi connectivity index (χ2v) is 9.30. The Hall–Kier alpha value is -2.72. The molecule has 0 radical (unpaired) electrons. The average molecular weight is 434 g/mol. The predicted octanol–water partition coefficient (Wildman–Crippen LogP) is 2.04. The zero-order valence-electron chi connectivity index (χ0n) is 17.6. The summed E-state index contributed by atoms with van der Waals surface area (Å²) in [5, 5.41) is 10.9. The molecule has 1 N–H and O–H groups in total. The molecule has 1 amide bonds. The van der Waals surface area contributed by atoms with Crippen LogP contribution in [0.5, 0.6) is 5.88 Å². The number of anilines is 2. The lowest BCUT2D eigenvalue weighted by Gasteiger charge is -2.19. The van der Waals surface area contributed by atoms with Gasteiger partial charge in [-0.25, -0.2) is 8.42 Å². The molecule has 2 aromatic rings. The molecule has 3 rings (SSSR count). The Balaban J connectivity index is 1.68. The molecule has 9 nitrogen and oxygen atoms in total. The molecule has 1 unspecified atom stereocenters. The smallest absolute Gasteiger partial charge is 0.243 e. The van der Waals surface area contributed by atoms with Gasteiger partial charge in [-0.3, -0.25) is 4.79 Å². The van der Waals surface area contributed by atoms with Crippen LogP contribution in [-0.4, -0.2) is 62.1 Å². The van der Waals surface area contributed by atoms with Crippen LogP contribution in [0, 0.1) is 6.92 Å². The van der Waals surface area contributed by atoms with Crippen molar-refractivity contribution in [2.75, 3.05) is 37.4 Å². The second-order valence-electron chi connectivity index (χ2n) is 7.40. The largest absolute Gasteiger partial charge is 0.472 e. The highest BCUT2D eigenvalue weighted by molar-refractivity contribution is 7.89. The summed E-state index contributed by atoms with van der Waals surface area (Å²) in [4.78, 5) is 13.6. The van der Waals surface area contributed by atoms with Crippen molar-refractivity contribution in [3.8, 4) is 5.88 Å². The first kappa shape index (κ1) is 22.0. The Morgan fingerprint density at radius 2 is 2.03 bits per heavy atom. The van der Waals surface area contributed by atoms with Crippen LogP contribution in [0.15, 0.2) is 35.2 Å². The van der Waals surface area contributed by atoms with Crippen molar-refractivity contribution in [3.05, 3.63) is 35.9 Å². The van der Waals surface area contributed by atoms with Crippen LogP contribution in [0.1, 0.15) is 25.3 Å². The maximum absolute atomic E-state index is 13.1. The summed E-state index contributed by atoms with van der Waals surface area (Å²) in [6, 6.07) is 8.35. The Morgan fingerprint density at radius 3 is 2.63 bits per heavy atom. The predicted molar refractivity (Wildman–Crippen MR) is 114 cm³/mol. The lowest BCUT2D eigenvalue weighted by molar-refractivity contribution is -0.115. The van der Waals surface area contributed by atoms with Gasteiger partial charge in [0.25, 0.3) is 0 Å². The van der Waals surface area contributed by atoms with Crippen molar-refractivity contribution in [2.24, 2.45) is 0 Å². The number of sulfonamides is 1. The molecule has 1 aromatic heterocycles. The van der Waals surface area contributed by atoms with E-state index in [1.807, 2.05) is 19.0 Å². The van der Waals surface area contributed by atoms with Gasteiger partial charge in [-0.05, 0) is 43.2 Å². The number of carbonyl (C=O) groups is 1. The van der Waals surface area contributed by atoms with Crippen molar-refractivity contribution < 1.29 is 17.9 Å². The lowest BCUT2D eigenvalue weighted by atomic mass is 10.2. The van der Waals surface area contributed by atoms with Crippen LogP contribution in [0.3, 0.4) is 0 Å². The number of nitrogens with one attached hydrogen (secondary N) is 1. The monoisotopic (exact) mass is 433 g/mol. The highest BCUT2D eigenvalue weighted by Crippen LogP contribution is 2.27. The summed E-state index contributed by atoms with van der Waals surface area (Å²) in [6.45, 7) is 4.09. The van der Waals surface area contributed by atoms with Crippen molar-refractivity contribution in [2.45, 2.75) is 37.7 Å². The number of ether oxygens (including phenoxy) is 1. The van der Waals surface area contributed by atoms with Crippen molar-refractivity contribution in [1.29, 1.82) is 0 Å². The molecule has 1 atom stereocenters. The highest BCUT2D eigenvalue weighted by atomic mass is 32.2. The van der Waals surface area contributed by atoms with Crippen LogP contribution in [0.25, 0.3) is 0 Å². The summed E-state index contributed by atoms with van der Waals surface area (Å²) in [5.41, 5.74) is 1.17. The maximum atomic E-state index is 13.1. The van der Waals surface area contributed by atoms with E-state index < -0.39 is 10.0 Å². The number of amides is 1. The Morgan fingerprint density at radius 1 is 1.27 bits per heavy atom. The van der Waals surface area contributed by atoms with Gasteiger partial charge in [-0.1, -0.05) is 6.92 Å². The molecule has 0 saturated carbocycles.